The average Bonchev–Trinajstić information content (AvgIpc) is 2.68. The van der Waals surface area contributed by atoms with Crippen molar-refractivity contribution in [3.8, 4) is 0 Å². The van der Waals surface area contributed by atoms with Gasteiger partial charge in [0.05, 0.1) is 17.8 Å². The highest BCUT2D eigenvalue weighted by Crippen LogP contribution is 2.26. The van der Waals surface area contributed by atoms with Gasteiger partial charge in [-0.1, -0.05) is 61.3 Å². The van der Waals surface area contributed by atoms with Gasteiger partial charge in [-0.15, -0.1) is 0 Å². The van der Waals surface area contributed by atoms with Crippen LogP contribution >= 0.6 is 0 Å². The molecule has 0 aliphatic heterocycles. The largest absolute Gasteiger partial charge is 0.298 e. The fourth-order valence-electron chi connectivity index (χ4n) is 3.37. The fraction of sp³-hybridized carbons (Fsp3) is 0.958. The van der Waals surface area contributed by atoms with Crippen molar-refractivity contribution in [2.24, 2.45) is 11.8 Å². The molecule has 0 bridgehead atoms. The van der Waals surface area contributed by atoms with Crippen molar-refractivity contribution in [1.82, 2.24) is 16.4 Å². The van der Waals surface area contributed by atoms with Crippen molar-refractivity contribution in [2.75, 3.05) is 0 Å². The monoisotopic (exact) mass is 430 g/mol. The van der Waals surface area contributed by atoms with Crippen LogP contribution in [0.3, 0.4) is 0 Å². The molecular formula is C24H52N3O3. The Morgan fingerprint density at radius 1 is 0.900 bits per heavy atom. The summed E-state index contributed by atoms with van der Waals surface area (Å²) >= 11 is 0. The molecule has 3 N–H and O–H groups in total. The highest BCUT2D eigenvalue weighted by atomic mass is 16.7. The number of hydrogen-bond donors (Lipinski definition) is 3. The molecule has 0 saturated heterocycles. The van der Waals surface area contributed by atoms with Gasteiger partial charge in [0.1, 0.15) is 11.7 Å². The zero-order valence-corrected chi connectivity index (χ0v) is 21.8. The summed E-state index contributed by atoms with van der Waals surface area (Å²) in [6.45, 7) is 23.6. The first-order chi connectivity index (χ1) is 14.0. The van der Waals surface area contributed by atoms with E-state index in [0.29, 0.717) is 11.8 Å². The maximum atomic E-state index is 6.19. The van der Waals surface area contributed by atoms with Crippen molar-refractivity contribution in [3.63, 3.8) is 0 Å². The molecule has 6 heteroatoms. The Hall–Kier alpha value is -0.240. The quantitative estimate of drug-likeness (QED) is 0.182. The van der Waals surface area contributed by atoms with Crippen LogP contribution in [0.15, 0.2) is 0 Å². The smallest absolute Gasteiger partial charge is 0.137 e. The molecule has 6 nitrogen and oxygen atoms in total. The van der Waals surface area contributed by atoms with E-state index in [2.05, 4.69) is 92.6 Å². The summed E-state index contributed by atoms with van der Waals surface area (Å²) < 4.78 is 0. The van der Waals surface area contributed by atoms with Crippen molar-refractivity contribution in [3.05, 3.63) is 6.04 Å². The predicted molar refractivity (Wildman–Crippen MR) is 126 cm³/mol. The number of hydrogen-bond acceptors (Lipinski definition) is 6. The summed E-state index contributed by atoms with van der Waals surface area (Å²) in [5.74, 6) is 1.03. The van der Waals surface area contributed by atoms with Gasteiger partial charge in [0.25, 0.3) is 0 Å². The Kier molecular flexibility index (Phi) is 14.6. The molecule has 4 unspecified atom stereocenters. The van der Waals surface area contributed by atoms with Gasteiger partial charge < -0.3 is 0 Å². The second-order valence-electron chi connectivity index (χ2n) is 9.78. The molecular weight excluding hydrogens is 378 g/mol. The Morgan fingerprint density at radius 2 is 1.53 bits per heavy atom. The SMILES string of the molecule is CCCC(C)(C)ONC(CC)(NOC(C)CC(C)C)[C](CC)NOC(C)C(C)CC. The Balaban J connectivity index is 5.44. The molecule has 0 aliphatic rings. The van der Waals surface area contributed by atoms with E-state index in [4.69, 9.17) is 14.5 Å². The topological polar surface area (TPSA) is 63.8 Å². The van der Waals surface area contributed by atoms with E-state index in [1.807, 2.05) is 0 Å². The summed E-state index contributed by atoms with van der Waals surface area (Å²) in [6.07, 6.45) is 5.74. The first-order valence-electron chi connectivity index (χ1n) is 12.1. The lowest BCUT2D eigenvalue weighted by Crippen LogP contribution is -2.65. The lowest BCUT2D eigenvalue weighted by molar-refractivity contribution is -0.186. The molecule has 0 rings (SSSR count). The highest BCUT2D eigenvalue weighted by Gasteiger charge is 2.41. The molecule has 181 valence electrons. The van der Waals surface area contributed by atoms with Gasteiger partial charge in [-0.25, -0.2) is 0 Å². The molecule has 0 fully saturated rings. The molecule has 0 heterocycles. The number of nitrogens with one attached hydrogen (secondary N) is 3. The van der Waals surface area contributed by atoms with Gasteiger partial charge in [-0.05, 0) is 65.2 Å². The molecule has 0 aliphatic carbocycles. The third-order valence-corrected chi connectivity index (χ3v) is 5.80. The van der Waals surface area contributed by atoms with Crippen LogP contribution in [0.2, 0.25) is 0 Å². The molecule has 0 aromatic heterocycles. The molecule has 0 spiro atoms. The summed E-state index contributed by atoms with van der Waals surface area (Å²) in [5.41, 5.74) is 8.87. The van der Waals surface area contributed by atoms with Crippen LogP contribution in [0.5, 0.6) is 0 Å². The molecule has 0 aromatic rings. The molecule has 1 radical (unpaired) electrons. The average molecular weight is 431 g/mol. The van der Waals surface area contributed by atoms with Gasteiger partial charge in [0, 0.05) is 0 Å². The van der Waals surface area contributed by atoms with Crippen molar-refractivity contribution >= 4 is 0 Å². The summed E-state index contributed by atoms with van der Waals surface area (Å²) in [5, 5.41) is 0. The summed E-state index contributed by atoms with van der Waals surface area (Å²) in [6, 6.07) is 0.962. The molecule has 0 aromatic carbocycles. The molecule has 0 amide bonds. The zero-order valence-electron chi connectivity index (χ0n) is 21.8. The fourth-order valence-corrected chi connectivity index (χ4v) is 3.37. The van der Waals surface area contributed by atoms with E-state index >= 15 is 0 Å². The second-order valence-corrected chi connectivity index (χ2v) is 9.78. The maximum Gasteiger partial charge on any atom is 0.137 e. The normalized spacial score (nSPS) is 17.9. The minimum atomic E-state index is -0.708. The van der Waals surface area contributed by atoms with E-state index in [0.717, 1.165) is 44.6 Å². The van der Waals surface area contributed by atoms with E-state index in [1.54, 1.807) is 0 Å². The van der Waals surface area contributed by atoms with Crippen LogP contribution in [-0.2, 0) is 14.5 Å². The third kappa shape index (κ3) is 10.9. The van der Waals surface area contributed by atoms with Crippen molar-refractivity contribution < 1.29 is 14.5 Å². The van der Waals surface area contributed by atoms with E-state index in [9.17, 15) is 0 Å². The molecule has 0 saturated carbocycles. The van der Waals surface area contributed by atoms with Crippen LogP contribution in [0.25, 0.3) is 0 Å². The lowest BCUT2D eigenvalue weighted by atomic mass is 9.97. The molecule has 30 heavy (non-hydrogen) atoms. The van der Waals surface area contributed by atoms with Crippen LogP contribution in [0.4, 0.5) is 0 Å². The zero-order chi connectivity index (χ0) is 23.4. The maximum absolute atomic E-state index is 6.19. The van der Waals surface area contributed by atoms with Crippen LogP contribution in [-0.4, -0.2) is 23.5 Å². The Bertz CT molecular complexity index is 434. The Morgan fingerprint density at radius 3 is 2.00 bits per heavy atom. The van der Waals surface area contributed by atoms with Crippen LogP contribution < -0.4 is 16.4 Å². The second kappa shape index (κ2) is 14.8. The first kappa shape index (κ1) is 29.8. The van der Waals surface area contributed by atoms with E-state index < -0.39 is 5.66 Å². The standard InChI is InChI=1S/C24H52N3O3/c1-12-16-23(10,11)30-27-24(15-4,26-28-20(8)17-18(5)6)22(14-3)25-29-21(9)19(7)13-2/h18-21,25-27H,12-17H2,1-11H3. The van der Waals surface area contributed by atoms with Crippen LogP contribution in [0.1, 0.15) is 115 Å². The number of hydroxylamine groups is 3. The third-order valence-electron chi connectivity index (χ3n) is 5.80. The van der Waals surface area contributed by atoms with E-state index in [1.165, 1.54) is 0 Å². The first-order valence-corrected chi connectivity index (χ1v) is 12.1. The molecule has 4 atom stereocenters. The van der Waals surface area contributed by atoms with Crippen LogP contribution in [0, 0.1) is 17.9 Å². The van der Waals surface area contributed by atoms with Crippen molar-refractivity contribution in [1.29, 1.82) is 0 Å². The van der Waals surface area contributed by atoms with Gasteiger partial charge in [-0.2, -0.15) is 16.4 Å². The minimum Gasteiger partial charge on any atom is -0.298 e. The summed E-state index contributed by atoms with van der Waals surface area (Å²) in [4.78, 5) is 18.3. The van der Waals surface area contributed by atoms with Gasteiger partial charge in [0.2, 0.25) is 0 Å². The predicted octanol–water partition coefficient (Wildman–Crippen LogP) is 6.05. The number of rotatable bonds is 18. The van der Waals surface area contributed by atoms with Gasteiger partial charge in [-0.3, -0.25) is 14.5 Å². The van der Waals surface area contributed by atoms with Gasteiger partial charge in [0.15, 0.2) is 0 Å². The van der Waals surface area contributed by atoms with Crippen molar-refractivity contribution in [2.45, 2.75) is 138 Å². The highest BCUT2D eigenvalue weighted by molar-refractivity contribution is 5.05. The minimum absolute atomic E-state index is 0.0828. The summed E-state index contributed by atoms with van der Waals surface area (Å²) in [7, 11) is 0. The van der Waals surface area contributed by atoms with E-state index in [-0.39, 0.29) is 17.8 Å². The van der Waals surface area contributed by atoms with Gasteiger partial charge >= 0.3 is 0 Å². The Labute approximate surface area is 187 Å². The lowest BCUT2D eigenvalue weighted by Gasteiger charge is -2.42.